The Labute approximate surface area is 160 Å². The fraction of sp³-hybridized carbons (Fsp3) is 0.294. The molecule has 7 nitrogen and oxygen atoms in total. The number of halogens is 5. The van der Waals surface area contributed by atoms with Crippen LogP contribution in [0, 0.1) is 0 Å². The summed E-state index contributed by atoms with van der Waals surface area (Å²) in [6.45, 7) is 0. The van der Waals surface area contributed by atoms with Crippen LogP contribution >= 0.6 is 0 Å². The van der Waals surface area contributed by atoms with Crippen molar-refractivity contribution in [1.82, 2.24) is 25.2 Å². The van der Waals surface area contributed by atoms with E-state index in [0.29, 0.717) is 22.2 Å². The molecule has 154 valence electrons. The second kappa shape index (κ2) is 8.47. The number of nitrogens with zero attached hydrogens (tertiary/aromatic N) is 5. The van der Waals surface area contributed by atoms with Crippen LogP contribution in [0.25, 0.3) is 0 Å². The maximum absolute atomic E-state index is 14.4. The Morgan fingerprint density at radius 3 is 2.28 bits per heavy atom. The fourth-order valence-electron chi connectivity index (χ4n) is 2.50. The maximum Gasteiger partial charge on any atom is 0.573 e. The predicted octanol–water partition coefficient (Wildman–Crippen LogP) is 3.10. The smallest absolute Gasteiger partial charge is 0.406 e. The SMILES string of the molecule is OC(C(F)c1ccc(Cc2ccc(OC(F)(F)F)cc2)cn1)C(F)n1cnnn1. The summed E-state index contributed by atoms with van der Waals surface area (Å²) in [6, 6.07) is 8.08. The number of hydrogen-bond donors (Lipinski definition) is 1. The molecular formula is C17H14F5N5O2. The van der Waals surface area contributed by atoms with Gasteiger partial charge in [-0.25, -0.2) is 8.78 Å². The quantitative estimate of drug-likeness (QED) is 0.597. The van der Waals surface area contributed by atoms with Crippen molar-refractivity contribution in [2.45, 2.75) is 31.4 Å². The number of aromatic nitrogens is 5. The van der Waals surface area contributed by atoms with Gasteiger partial charge in [0, 0.05) is 6.20 Å². The highest BCUT2D eigenvalue weighted by Gasteiger charge is 2.32. The molecule has 0 aliphatic rings. The third kappa shape index (κ3) is 5.44. The summed E-state index contributed by atoms with van der Waals surface area (Å²) in [7, 11) is 0. The molecule has 2 heterocycles. The van der Waals surface area contributed by atoms with E-state index in [2.05, 4.69) is 25.2 Å². The van der Waals surface area contributed by atoms with Crippen molar-refractivity contribution in [3.05, 3.63) is 65.7 Å². The Balaban J connectivity index is 1.62. The van der Waals surface area contributed by atoms with Crippen LogP contribution in [0.4, 0.5) is 22.0 Å². The summed E-state index contributed by atoms with van der Waals surface area (Å²) < 4.78 is 69.3. The number of tetrazole rings is 1. The van der Waals surface area contributed by atoms with Gasteiger partial charge in [-0.2, -0.15) is 4.68 Å². The molecule has 0 spiro atoms. The van der Waals surface area contributed by atoms with Crippen molar-refractivity contribution in [2.24, 2.45) is 0 Å². The number of rotatable bonds is 7. The molecule has 0 aliphatic carbocycles. The second-order valence-electron chi connectivity index (χ2n) is 6.01. The van der Waals surface area contributed by atoms with Crippen LogP contribution in [0.2, 0.25) is 0 Å². The lowest BCUT2D eigenvalue weighted by Crippen LogP contribution is -2.26. The van der Waals surface area contributed by atoms with E-state index in [1.807, 2.05) is 0 Å². The highest BCUT2D eigenvalue weighted by Crippen LogP contribution is 2.28. The molecule has 0 saturated heterocycles. The van der Waals surface area contributed by atoms with Gasteiger partial charge in [-0.15, -0.1) is 18.3 Å². The molecule has 3 atom stereocenters. The highest BCUT2D eigenvalue weighted by molar-refractivity contribution is 5.31. The van der Waals surface area contributed by atoms with E-state index in [4.69, 9.17) is 0 Å². The van der Waals surface area contributed by atoms with Gasteiger partial charge >= 0.3 is 6.36 Å². The molecule has 1 aromatic carbocycles. The number of aliphatic hydroxyl groups excluding tert-OH is 1. The number of alkyl halides is 5. The lowest BCUT2D eigenvalue weighted by Gasteiger charge is -2.18. The zero-order valence-electron chi connectivity index (χ0n) is 14.5. The van der Waals surface area contributed by atoms with Crippen LogP contribution in [0.5, 0.6) is 5.75 Å². The van der Waals surface area contributed by atoms with Crippen LogP contribution in [-0.4, -0.2) is 42.8 Å². The molecular weight excluding hydrogens is 401 g/mol. The topological polar surface area (TPSA) is 86.0 Å². The molecule has 12 heteroatoms. The molecule has 0 saturated carbocycles. The summed E-state index contributed by atoms with van der Waals surface area (Å²) in [5.41, 5.74) is 1.12. The van der Waals surface area contributed by atoms with Gasteiger partial charge in [0.1, 0.15) is 18.2 Å². The Morgan fingerprint density at radius 2 is 1.72 bits per heavy atom. The number of benzene rings is 1. The fourth-order valence-corrected chi connectivity index (χ4v) is 2.50. The van der Waals surface area contributed by atoms with Gasteiger partial charge in [-0.1, -0.05) is 18.2 Å². The molecule has 0 amide bonds. The van der Waals surface area contributed by atoms with Crippen molar-refractivity contribution in [2.75, 3.05) is 0 Å². The summed E-state index contributed by atoms with van der Waals surface area (Å²) in [4.78, 5) is 3.89. The minimum atomic E-state index is -4.77. The van der Waals surface area contributed by atoms with Crippen LogP contribution in [0.1, 0.15) is 29.3 Å². The van der Waals surface area contributed by atoms with Crippen LogP contribution in [0.3, 0.4) is 0 Å². The Bertz CT molecular complexity index is 903. The molecule has 0 bridgehead atoms. The lowest BCUT2D eigenvalue weighted by atomic mass is 10.0. The monoisotopic (exact) mass is 415 g/mol. The lowest BCUT2D eigenvalue weighted by molar-refractivity contribution is -0.274. The van der Waals surface area contributed by atoms with Crippen LogP contribution in [-0.2, 0) is 6.42 Å². The number of hydrogen-bond acceptors (Lipinski definition) is 6. The van der Waals surface area contributed by atoms with Crippen molar-refractivity contribution < 1.29 is 31.8 Å². The van der Waals surface area contributed by atoms with E-state index in [9.17, 15) is 27.1 Å². The first kappa shape index (κ1) is 20.6. The Hall–Kier alpha value is -3.15. The first-order valence-corrected chi connectivity index (χ1v) is 8.21. The molecule has 0 radical (unpaired) electrons. The molecule has 2 aromatic heterocycles. The minimum absolute atomic E-state index is 0.189. The van der Waals surface area contributed by atoms with Gasteiger partial charge in [-0.05, 0) is 46.2 Å². The van der Waals surface area contributed by atoms with E-state index in [-0.39, 0.29) is 11.4 Å². The van der Waals surface area contributed by atoms with Crippen molar-refractivity contribution in [3.8, 4) is 5.75 Å². The van der Waals surface area contributed by atoms with Gasteiger partial charge in [0.05, 0.1) is 5.69 Å². The summed E-state index contributed by atoms with van der Waals surface area (Å²) in [5.74, 6) is -0.340. The number of pyridine rings is 1. The first-order valence-electron chi connectivity index (χ1n) is 8.21. The van der Waals surface area contributed by atoms with Crippen LogP contribution < -0.4 is 4.74 Å². The highest BCUT2D eigenvalue weighted by atomic mass is 19.4. The number of ether oxygens (including phenoxy) is 1. The summed E-state index contributed by atoms with van der Waals surface area (Å²) in [6.07, 6.45) is -8.60. The van der Waals surface area contributed by atoms with Gasteiger partial charge in [0.2, 0.25) is 6.30 Å². The molecule has 3 unspecified atom stereocenters. The van der Waals surface area contributed by atoms with Gasteiger partial charge < -0.3 is 9.84 Å². The molecule has 0 fully saturated rings. The molecule has 1 N–H and O–H groups in total. The summed E-state index contributed by atoms with van der Waals surface area (Å²) >= 11 is 0. The third-order valence-corrected chi connectivity index (χ3v) is 3.89. The van der Waals surface area contributed by atoms with E-state index in [1.54, 1.807) is 0 Å². The van der Waals surface area contributed by atoms with Crippen molar-refractivity contribution in [1.29, 1.82) is 0 Å². The normalized spacial score (nSPS) is 15.0. The molecule has 0 aliphatic heterocycles. The third-order valence-electron chi connectivity index (χ3n) is 3.89. The van der Waals surface area contributed by atoms with E-state index in [0.717, 1.165) is 6.33 Å². The molecule has 3 aromatic rings. The summed E-state index contributed by atoms with van der Waals surface area (Å²) in [5, 5.41) is 19.5. The van der Waals surface area contributed by atoms with E-state index in [1.165, 1.54) is 42.6 Å². The average Bonchev–Trinajstić information content (AvgIpc) is 3.22. The zero-order valence-corrected chi connectivity index (χ0v) is 14.5. The van der Waals surface area contributed by atoms with Gasteiger partial charge in [-0.3, -0.25) is 4.98 Å². The molecule has 3 rings (SSSR count). The van der Waals surface area contributed by atoms with Gasteiger partial charge in [0.15, 0.2) is 6.17 Å². The standard InChI is InChI=1S/C17H14F5N5O2/c18-14(15(28)16(19)27-9-24-25-26-27)13-6-3-11(8-23-13)7-10-1-4-12(5-2-10)29-17(20,21)22/h1-6,8-9,14-16,28H,7H2. The van der Waals surface area contributed by atoms with Crippen molar-refractivity contribution >= 4 is 0 Å². The first-order chi connectivity index (χ1) is 13.7. The van der Waals surface area contributed by atoms with Crippen molar-refractivity contribution in [3.63, 3.8) is 0 Å². The van der Waals surface area contributed by atoms with Crippen LogP contribution in [0.15, 0.2) is 48.9 Å². The van der Waals surface area contributed by atoms with Gasteiger partial charge in [0.25, 0.3) is 0 Å². The average molecular weight is 415 g/mol. The Kier molecular flexibility index (Phi) is 6.01. The minimum Gasteiger partial charge on any atom is -0.406 e. The maximum atomic E-state index is 14.4. The molecule has 29 heavy (non-hydrogen) atoms. The number of aliphatic hydroxyl groups is 1. The zero-order chi connectivity index (χ0) is 21.0. The largest absolute Gasteiger partial charge is 0.573 e. The second-order valence-corrected chi connectivity index (χ2v) is 6.01. The van der Waals surface area contributed by atoms with E-state index >= 15 is 0 Å². The Morgan fingerprint density at radius 1 is 1.03 bits per heavy atom. The predicted molar refractivity (Wildman–Crippen MR) is 88.0 cm³/mol. The van der Waals surface area contributed by atoms with E-state index < -0.39 is 24.9 Å².